The Morgan fingerprint density at radius 1 is 1.17 bits per heavy atom. The highest BCUT2D eigenvalue weighted by Gasteiger charge is 2.10. The van der Waals surface area contributed by atoms with E-state index in [2.05, 4.69) is 30.1 Å². The molecule has 0 aliphatic carbocycles. The lowest BCUT2D eigenvalue weighted by Gasteiger charge is -2.26. The molecule has 2 rings (SSSR count). The molecule has 1 aromatic carbocycles. The lowest BCUT2D eigenvalue weighted by molar-refractivity contribution is 0.237. The molecule has 100 valence electrons. The van der Waals surface area contributed by atoms with Crippen LogP contribution in [0.5, 0.6) is 0 Å². The number of benzene rings is 1. The zero-order valence-electron chi connectivity index (χ0n) is 11.4. The lowest BCUT2D eigenvalue weighted by Crippen LogP contribution is -2.33. The van der Waals surface area contributed by atoms with Gasteiger partial charge in [-0.1, -0.05) is 24.1 Å². The van der Waals surface area contributed by atoms with E-state index in [1.54, 1.807) is 0 Å². The first-order valence-electron chi connectivity index (χ1n) is 6.90. The van der Waals surface area contributed by atoms with Gasteiger partial charge in [0.1, 0.15) is 0 Å². The van der Waals surface area contributed by atoms with E-state index in [0.717, 1.165) is 23.8 Å². The van der Waals surface area contributed by atoms with Crippen LogP contribution in [0.15, 0.2) is 12.1 Å². The molecular weight excluding hydrogens is 244 g/mol. The van der Waals surface area contributed by atoms with E-state index < -0.39 is 0 Å². The molecule has 0 saturated carbocycles. The van der Waals surface area contributed by atoms with Crippen molar-refractivity contribution in [2.45, 2.75) is 33.1 Å². The highest BCUT2D eigenvalue weighted by Crippen LogP contribution is 2.27. The molecule has 0 unspecified atom stereocenters. The quantitative estimate of drug-likeness (QED) is 0.890. The van der Waals surface area contributed by atoms with Crippen LogP contribution in [0.2, 0.25) is 5.02 Å². The molecule has 0 amide bonds. The second-order valence-corrected chi connectivity index (χ2v) is 5.67. The number of piperidine rings is 1. The summed E-state index contributed by atoms with van der Waals surface area (Å²) in [4.78, 5) is 2.54. The topological polar surface area (TPSA) is 15.3 Å². The van der Waals surface area contributed by atoms with Crippen LogP contribution in [0.25, 0.3) is 0 Å². The van der Waals surface area contributed by atoms with Gasteiger partial charge in [-0.25, -0.2) is 0 Å². The number of rotatable bonds is 4. The highest BCUT2D eigenvalue weighted by atomic mass is 35.5. The molecule has 2 nitrogen and oxygen atoms in total. The van der Waals surface area contributed by atoms with Crippen molar-refractivity contribution in [1.29, 1.82) is 0 Å². The summed E-state index contributed by atoms with van der Waals surface area (Å²) in [6.45, 7) is 8.79. The minimum atomic E-state index is 0.839. The first-order valence-corrected chi connectivity index (χ1v) is 7.27. The predicted octanol–water partition coefficient (Wildman–Crippen LogP) is 3.85. The van der Waals surface area contributed by atoms with E-state index in [0.29, 0.717) is 0 Å². The zero-order valence-corrected chi connectivity index (χ0v) is 12.2. The number of hydrogen-bond donors (Lipinski definition) is 1. The molecule has 3 heteroatoms. The molecule has 0 radical (unpaired) electrons. The summed E-state index contributed by atoms with van der Waals surface area (Å²) in [5, 5.41) is 4.32. The first-order chi connectivity index (χ1) is 8.66. The molecule has 1 aliphatic heterocycles. The zero-order chi connectivity index (χ0) is 13.0. The number of nitrogens with one attached hydrogen (secondary N) is 1. The molecule has 1 heterocycles. The third-order valence-electron chi connectivity index (χ3n) is 3.61. The maximum atomic E-state index is 6.28. The Balaban J connectivity index is 1.86. The van der Waals surface area contributed by atoms with E-state index >= 15 is 0 Å². The van der Waals surface area contributed by atoms with Crippen molar-refractivity contribution in [1.82, 2.24) is 4.90 Å². The van der Waals surface area contributed by atoms with Crippen molar-refractivity contribution in [3.63, 3.8) is 0 Å². The van der Waals surface area contributed by atoms with Crippen molar-refractivity contribution in [2.75, 3.05) is 31.5 Å². The number of anilines is 1. The first kappa shape index (κ1) is 13.7. The second-order valence-electron chi connectivity index (χ2n) is 5.27. The van der Waals surface area contributed by atoms with E-state index in [4.69, 9.17) is 11.6 Å². The number of aryl methyl sites for hydroxylation is 2. The van der Waals surface area contributed by atoms with Gasteiger partial charge in [-0.15, -0.1) is 0 Å². The molecule has 1 N–H and O–H groups in total. The van der Waals surface area contributed by atoms with Crippen molar-refractivity contribution in [3.8, 4) is 0 Å². The summed E-state index contributed by atoms with van der Waals surface area (Å²) in [5.74, 6) is 0. The number of likely N-dealkylation sites (tertiary alicyclic amines) is 1. The molecule has 1 aromatic rings. The molecule has 0 bridgehead atoms. The average Bonchev–Trinajstić information content (AvgIpc) is 2.34. The monoisotopic (exact) mass is 266 g/mol. The summed E-state index contributed by atoms with van der Waals surface area (Å²) in [6.07, 6.45) is 4.10. The molecular formula is C15H23ClN2. The molecule has 1 saturated heterocycles. The van der Waals surface area contributed by atoms with Crippen LogP contribution in [0.4, 0.5) is 5.69 Å². The Bertz CT molecular complexity index is 374. The van der Waals surface area contributed by atoms with Gasteiger partial charge in [-0.05, 0) is 57.0 Å². The SMILES string of the molecule is Cc1cc(C)c(NCCN2CCCCC2)c(Cl)c1. The fourth-order valence-corrected chi connectivity index (χ4v) is 3.05. The average molecular weight is 267 g/mol. The second kappa shape index (κ2) is 6.44. The van der Waals surface area contributed by atoms with Crippen molar-refractivity contribution in [3.05, 3.63) is 28.3 Å². The van der Waals surface area contributed by atoms with Gasteiger partial charge in [0.05, 0.1) is 10.7 Å². The van der Waals surface area contributed by atoms with Crippen molar-refractivity contribution < 1.29 is 0 Å². The van der Waals surface area contributed by atoms with Gasteiger partial charge in [0, 0.05) is 13.1 Å². The van der Waals surface area contributed by atoms with Crippen LogP contribution >= 0.6 is 11.6 Å². The van der Waals surface area contributed by atoms with Gasteiger partial charge in [0.2, 0.25) is 0 Å². The van der Waals surface area contributed by atoms with Crippen LogP contribution in [0.3, 0.4) is 0 Å². The lowest BCUT2D eigenvalue weighted by atomic mass is 10.1. The largest absolute Gasteiger partial charge is 0.382 e. The van der Waals surface area contributed by atoms with Gasteiger partial charge in [0.25, 0.3) is 0 Å². The summed E-state index contributed by atoms with van der Waals surface area (Å²) >= 11 is 6.28. The normalized spacial score (nSPS) is 16.8. The number of nitrogens with zero attached hydrogens (tertiary/aromatic N) is 1. The van der Waals surface area contributed by atoms with E-state index in [1.807, 2.05) is 6.07 Å². The smallest absolute Gasteiger partial charge is 0.0642 e. The number of hydrogen-bond acceptors (Lipinski definition) is 2. The minimum Gasteiger partial charge on any atom is -0.382 e. The summed E-state index contributed by atoms with van der Waals surface area (Å²) in [5.41, 5.74) is 3.55. The van der Waals surface area contributed by atoms with E-state index in [9.17, 15) is 0 Å². The molecule has 0 atom stereocenters. The van der Waals surface area contributed by atoms with Crippen molar-refractivity contribution in [2.24, 2.45) is 0 Å². The van der Waals surface area contributed by atoms with Gasteiger partial charge >= 0.3 is 0 Å². The minimum absolute atomic E-state index is 0.839. The number of halogens is 1. The molecule has 1 aliphatic rings. The van der Waals surface area contributed by atoms with Crippen LogP contribution in [-0.2, 0) is 0 Å². The van der Waals surface area contributed by atoms with E-state index in [1.165, 1.54) is 43.5 Å². The highest BCUT2D eigenvalue weighted by molar-refractivity contribution is 6.33. The Hall–Kier alpha value is -0.730. The molecule has 1 fully saturated rings. The Kier molecular flexibility index (Phi) is 4.90. The molecule has 0 aromatic heterocycles. The fraction of sp³-hybridized carbons (Fsp3) is 0.600. The summed E-state index contributed by atoms with van der Waals surface area (Å²) in [6, 6.07) is 4.20. The maximum absolute atomic E-state index is 6.28. The van der Waals surface area contributed by atoms with Crippen LogP contribution in [0, 0.1) is 13.8 Å². The Morgan fingerprint density at radius 2 is 1.89 bits per heavy atom. The maximum Gasteiger partial charge on any atom is 0.0642 e. The van der Waals surface area contributed by atoms with Crippen molar-refractivity contribution >= 4 is 17.3 Å². The van der Waals surface area contributed by atoms with Crippen LogP contribution < -0.4 is 5.32 Å². The van der Waals surface area contributed by atoms with Crippen LogP contribution in [0.1, 0.15) is 30.4 Å². The standard InChI is InChI=1S/C15H23ClN2/c1-12-10-13(2)15(14(16)11-12)17-6-9-18-7-4-3-5-8-18/h10-11,17H,3-9H2,1-2H3. The van der Waals surface area contributed by atoms with E-state index in [-0.39, 0.29) is 0 Å². The van der Waals surface area contributed by atoms with Crippen LogP contribution in [-0.4, -0.2) is 31.1 Å². The van der Waals surface area contributed by atoms with Gasteiger partial charge in [-0.2, -0.15) is 0 Å². The third kappa shape index (κ3) is 3.63. The summed E-state index contributed by atoms with van der Waals surface area (Å²) < 4.78 is 0. The molecule has 0 spiro atoms. The third-order valence-corrected chi connectivity index (χ3v) is 3.91. The van der Waals surface area contributed by atoms with Gasteiger partial charge in [-0.3, -0.25) is 0 Å². The Morgan fingerprint density at radius 3 is 2.56 bits per heavy atom. The Labute approximate surface area is 115 Å². The fourth-order valence-electron chi connectivity index (χ4n) is 2.66. The van der Waals surface area contributed by atoms with Gasteiger partial charge in [0.15, 0.2) is 0 Å². The summed E-state index contributed by atoms with van der Waals surface area (Å²) in [7, 11) is 0. The molecule has 18 heavy (non-hydrogen) atoms. The predicted molar refractivity (Wildman–Crippen MR) is 79.7 cm³/mol. The van der Waals surface area contributed by atoms with Gasteiger partial charge < -0.3 is 10.2 Å².